The molecule has 0 spiro atoms. The van der Waals surface area contributed by atoms with Gasteiger partial charge in [0.05, 0.1) is 6.04 Å². The molecule has 0 fully saturated rings. The second kappa shape index (κ2) is 8.85. The number of thioether (sulfide) groups is 1. The van der Waals surface area contributed by atoms with E-state index in [0.717, 1.165) is 18.3 Å². The molecule has 19 heavy (non-hydrogen) atoms. The van der Waals surface area contributed by atoms with E-state index in [-0.39, 0.29) is 0 Å². The molecule has 3 nitrogen and oxygen atoms in total. The van der Waals surface area contributed by atoms with Crippen molar-refractivity contribution < 1.29 is 0 Å². The lowest BCUT2D eigenvalue weighted by atomic mass is 10.1. The van der Waals surface area contributed by atoms with Gasteiger partial charge >= 0.3 is 0 Å². The summed E-state index contributed by atoms with van der Waals surface area (Å²) in [6.07, 6.45) is 2.49. The third-order valence-corrected chi connectivity index (χ3v) is 5.19. The highest BCUT2D eigenvalue weighted by Crippen LogP contribution is 2.21. The van der Waals surface area contributed by atoms with Crippen molar-refractivity contribution in [2.45, 2.75) is 59.5 Å². The van der Waals surface area contributed by atoms with Gasteiger partial charge in [0.25, 0.3) is 0 Å². The maximum absolute atomic E-state index is 4.74. The average Bonchev–Trinajstić information content (AvgIpc) is 2.39. The van der Waals surface area contributed by atoms with Gasteiger partial charge in [-0.25, -0.2) is 0 Å². The first kappa shape index (κ1) is 16.8. The minimum absolute atomic E-state index is 0.464. The second-order valence-electron chi connectivity index (χ2n) is 5.68. The molecule has 0 aromatic rings. The van der Waals surface area contributed by atoms with Crippen molar-refractivity contribution in [2.24, 2.45) is 10.9 Å². The van der Waals surface area contributed by atoms with E-state index < -0.39 is 0 Å². The van der Waals surface area contributed by atoms with Crippen molar-refractivity contribution in [1.29, 1.82) is 0 Å². The fraction of sp³-hybridized carbons (Fsp3) is 0.933. The van der Waals surface area contributed by atoms with Crippen molar-refractivity contribution in [3.05, 3.63) is 0 Å². The maximum atomic E-state index is 4.74. The van der Waals surface area contributed by atoms with Gasteiger partial charge in [0, 0.05) is 11.8 Å². The molecule has 4 heteroatoms. The molecule has 1 heterocycles. The Hall–Kier alpha value is -0.220. The van der Waals surface area contributed by atoms with E-state index in [0.29, 0.717) is 18.0 Å². The summed E-state index contributed by atoms with van der Waals surface area (Å²) in [5, 5.41) is 4.73. The van der Waals surface area contributed by atoms with Gasteiger partial charge in [0.1, 0.15) is 0 Å². The third kappa shape index (κ3) is 6.17. The van der Waals surface area contributed by atoms with E-state index in [2.05, 4.69) is 44.8 Å². The van der Waals surface area contributed by atoms with Crippen molar-refractivity contribution in [3.8, 4) is 0 Å². The number of nitrogens with one attached hydrogen (secondary N) is 1. The van der Waals surface area contributed by atoms with Crippen molar-refractivity contribution in [2.75, 3.05) is 25.4 Å². The van der Waals surface area contributed by atoms with E-state index in [1.807, 2.05) is 11.8 Å². The predicted octanol–water partition coefficient (Wildman–Crippen LogP) is 3.21. The van der Waals surface area contributed by atoms with Crippen LogP contribution < -0.4 is 5.32 Å². The van der Waals surface area contributed by atoms with E-state index in [1.165, 1.54) is 25.1 Å². The van der Waals surface area contributed by atoms with Gasteiger partial charge in [0.15, 0.2) is 5.17 Å². The Morgan fingerprint density at radius 2 is 2.05 bits per heavy atom. The predicted molar refractivity (Wildman–Crippen MR) is 88.1 cm³/mol. The van der Waals surface area contributed by atoms with E-state index in [4.69, 9.17) is 4.99 Å². The molecule has 0 saturated carbocycles. The summed E-state index contributed by atoms with van der Waals surface area (Å²) < 4.78 is 0. The number of nitrogens with zero attached hydrogens (tertiary/aromatic N) is 2. The molecule has 1 aliphatic heterocycles. The summed E-state index contributed by atoms with van der Waals surface area (Å²) in [6.45, 7) is 14.8. The van der Waals surface area contributed by atoms with Crippen LogP contribution in [0, 0.1) is 5.92 Å². The normalized spacial score (nSPS) is 25.3. The zero-order chi connectivity index (χ0) is 14.3. The fourth-order valence-corrected chi connectivity index (χ4v) is 3.45. The Bertz CT molecular complexity index is 277. The Morgan fingerprint density at radius 1 is 1.37 bits per heavy atom. The Balaban J connectivity index is 2.24. The summed E-state index contributed by atoms with van der Waals surface area (Å²) >= 11 is 1.88. The lowest BCUT2D eigenvalue weighted by Gasteiger charge is -2.26. The van der Waals surface area contributed by atoms with Gasteiger partial charge in [-0.05, 0) is 52.2 Å². The molecule has 0 saturated heterocycles. The number of amidine groups is 1. The van der Waals surface area contributed by atoms with E-state index in [1.54, 1.807) is 0 Å². The molecule has 0 amide bonds. The molecular weight excluding hydrogens is 254 g/mol. The molecule has 1 N–H and O–H groups in total. The third-order valence-electron chi connectivity index (χ3n) is 4.00. The monoisotopic (exact) mass is 285 g/mol. The van der Waals surface area contributed by atoms with Gasteiger partial charge in [-0.1, -0.05) is 32.5 Å². The summed E-state index contributed by atoms with van der Waals surface area (Å²) in [5.41, 5.74) is 0. The van der Waals surface area contributed by atoms with Crippen LogP contribution in [0.4, 0.5) is 0 Å². The highest BCUT2D eigenvalue weighted by molar-refractivity contribution is 8.13. The Labute approximate surface area is 123 Å². The van der Waals surface area contributed by atoms with Gasteiger partial charge in [-0.2, -0.15) is 0 Å². The van der Waals surface area contributed by atoms with Crippen molar-refractivity contribution >= 4 is 16.9 Å². The van der Waals surface area contributed by atoms with Crippen LogP contribution in [0.5, 0.6) is 0 Å². The van der Waals surface area contributed by atoms with Crippen LogP contribution in [0.2, 0.25) is 0 Å². The maximum Gasteiger partial charge on any atom is 0.157 e. The zero-order valence-electron chi connectivity index (χ0n) is 13.3. The van der Waals surface area contributed by atoms with Crippen LogP contribution in [0.15, 0.2) is 4.99 Å². The number of hydrogen-bond donors (Lipinski definition) is 1. The van der Waals surface area contributed by atoms with Crippen LogP contribution in [-0.4, -0.2) is 47.5 Å². The molecular formula is C15H31N3S. The van der Waals surface area contributed by atoms with Crippen LogP contribution in [0.1, 0.15) is 47.5 Å². The van der Waals surface area contributed by atoms with Gasteiger partial charge in [0.2, 0.25) is 0 Å². The molecule has 0 aromatic carbocycles. The summed E-state index contributed by atoms with van der Waals surface area (Å²) in [7, 11) is 0. The first-order valence-corrected chi connectivity index (χ1v) is 8.74. The Morgan fingerprint density at radius 3 is 2.63 bits per heavy atom. The SMILES string of the molecule is CCN(CC)CCCC(C)NC1=NC(C)C(C)CS1. The number of hydrogen-bond acceptors (Lipinski definition) is 4. The number of aliphatic imine (C=N–C) groups is 1. The quantitative estimate of drug-likeness (QED) is 0.778. The topological polar surface area (TPSA) is 27.6 Å². The van der Waals surface area contributed by atoms with Gasteiger partial charge in [-0.15, -0.1) is 0 Å². The summed E-state index contributed by atoms with van der Waals surface area (Å²) in [4.78, 5) is 7.23. The van der Waals surface area contributed by atoms with Crippen molar-refractivity contribution in [1.82, 2.24) is 10.2 Å². The average molecular weight is 286 g/mol. The fourth-order valence-electron chi connectivity index (χ4n) is 2.22. The molecule has 1 aliphatic rings. The van der Waals surface area contributed by atoms with Gasteiger partial charge in [-0.3, -0.25) is 4.99 Å². The first-order chi connectivity index (χ1) is 9.06. The van der Waals surface area contributed by atoms with E-state index in [9.17, 15) is 0 Å². The van der Waals surface area contributed by atoms with Crippen LogP contribution >= 0.6 is 11.8 Å². The molecule has 0 radical (unpaired) electrons. The minimum Gasteiger partial charge on any atom is -0.362 e. The molecule has 3 unspecified atom stereocenters. The smallest absolute Gasteiger partial charge is 0.157 e. The number of rotatable bonds is 7. The van der Waals surface area contributed by atoms with E-state index >= 15 is 0 Å². The van der Waals surface area contributed by atoms with Crippen LogP contribution in [-0.2, 0) is 0 Å². The standard InChI is InChI=1S/C15H31N3S/c1-6-18(7-2)10-8-9-13(4)16-15-17-14(5)12(3)11-19-15/h12-14H,6-11H2,1-5H3,(H,16,17). The lowest BCUT2D eigenvalue weighted by molar-refractivity contribution is 0.293. The zero-order valence-corrected chi connectivity index (χ0v) is 14.1. The molecule has 3 atom stereocenters. The molecule has 112 valence electrons. The lowest BCUT2D eigenvalue weighted by Crippen LogP contribution is -2.36. The van der Waals surface area contributed by atoms with Crippen LogP contribution in [0.25, 0.3) is 0 Å². The highest BCUT2D eigenvalue weighted by Gasteiger charge is 2.19. The van der Waals surface area contributed by atoms with Crippen molar-refractivity contribution in [3.63, 3.8) is 0 Å². The largest absolute Gasteiger partial charge is 0.362 e. The Kier molecular flexibility index (Phi) is 7.84. The minimum atomic E-state index is 0.464. The molecule has 0 aliphatic carbocycles. The first-order valence-electron chi connectivity index (χ1n) is 7.76. The molecule has 0 aromatic heterocycles. The second-order valence-corrected chi connectivity index (χ2v) is 6.69. The summed E-state index contributed by atoms with van der Waals surface area (Å²) in [5.74, 6) is 1.90. The molecule has 1 rings (SSSR count). The molecule has 0 bridgehead atoms. The van der Waals surface area contributed by atoms with Crippen LogP contribution in [0.3, 0.4) is 0 Å². The van der Waals surface area contributed by atoms with Gasteiger partial charge < -0.3 is 10.2 Å². The highest BCUT2D eigenvalue weighted by atomic mass is 32.2. The summed E-state index contributed by atoms with van der Waals surface area (Å²) in [6, 6.07) is 0.994.